The van der Waals surface area contributed by atoms with E-state index >= 15 is 0 Å². The summed E-state index contributed by atoms with van der Waals surface area (Å²) in [5.74, 6) is 0.857. The second-order valence-corrected chi connectivity index (χ2v) is 4.25. The molecule has 1 saturated heterocycles. The number of hydrogen-bond donors (Lipinski definition) is 3. The van der Waals surface area contributed by atoms with E-state index in [0.717, 1.165) is 30.9 Å². The fourth-order valence-electron chi connectivity index (χ4n) is 2.09. The molecule has 0 spiro atoms. The molecule has 1 aliphatic rings. The molecule has 2 rings (SSSR count). The third-order valence-electron chi connectivity index (χ3n) is 2.83. The Bertz CT molecular complexity index is 358. The van der Waals surface area contributed by atoms with E-state index in [2.05, 4.69) is 29.1 Å². The van der Waals surface area contributed by atoms with Crippen LogP contribution in [0.3, 0.4) is 0 Å². The molecular formula is C10H17N3O. The second-order valence-electron chi connectivity index (χ2n) is 4.25. The Hall–Kier alpha value is -1.03. The molecule has 0 aromatic carbocycles. The third-order valence-corrected chi connectivity index (χ3v) is 2.83. The zero-order valence-electron chi connectivity index (χ0n) is 8.68. The van der Waals surface area contributed by atoms with Crippen LogP contribution in [0.1, 0.15) is 43.5 Å². The van der Waals surface area contributed by atoms with Crippen molar-refractivity contribution in [3.63, 3.8) is 0 Å². The maximum absolute atomic E-state index is 11.2. The maximum atomic E-state index is 11.2. The van der Waals surface area contributed by atoms with Crippen LogP contribution in [0.4, 0.5) is 0 Å². The summed E-state index contributed by atoms with van der Waals surface area (Å²) in [4.78, 5) is 17.0. The molecule has 0 saturated carbocycles. The molecule has 0 amide bonds. The van der Waals surface area contributed by atoms with Crippen LogP contribution in [0, 0.1) is 0 Å². The minimum Gasteiger partial charge on any atom is -0.316 e. The molecule has 1 atom stereocenters. The third kappa shape index (κ3) is 1.62. The van der Waals surface area contributed by atoms with Gasteiger partial charge in [-0.2, -0.15) is 0 Å². The molecule has 0 bridgehead atoms. The summed E-state index contributed by atoms with van der Waals surface area (Å²) < 4.78 is 0. The highest BCUT2D eigenvalue weighted by Gasteiger charge is 2.22. The Balaban J connectivity index is 2.35. The summed E-state index contributed by atoms with van der Waals surface area (Å²) in [5, 5.41) is 3.31. The van der Waals surface area contributed by atoms with Crippen LogP contribution in [0.25, 0.3) is 0 Å². The highest BCUT2D eigenvalue weighted by molar-refractivity contribution is 5.20. The van der Waals surface area contributed by atoms with Gasteiger partial charge >= 0.3 is 5.69 Å². The van der Waals surface area contributed by atoms with Crippen molar-refractivity contribution in [2.45, 2.75) is 32.1 Å². The molecule has 1 aliphatic heterocycles. The van der Waals surface area contributed by atoms with Crippen LogP contribution in [0.2, 0.25) is 0 Å². The first kappa shape index (κ1) is 9.52. The fourth-order valence-corrected chi connectivity index (χ4v) is 2.09. The molecule has 1 aromatic heterocycles. The summed E-state index contributed by atoms with van der Waals surface area (Å²) >= 11 is 0. The number of aromatic amines is 2. The van der Waals surface area contributed by atoms with Gasteiger partial charge in [0.15, 0.2) is 0 Å². The summed E-state index contributed by atoms with van der Waals surface area (Å²) in [6, 6.07) is 0. The van der Waals surface area contributed by atoms with Crippen molar-refractivity contribution < 1.29 is 0 Å². The summed E-state index contributed by atoms with van der Waals surface area (Å²) in [5.41, 5.74) is 2.11. The number of nitrogens with one attached hydrogen (secondary N) is 3. The Labute approximate surface area is 83.1 Å². The molecular weight excluding hydrogens is 178 g/mol. The molecule has 1 fully saturated rings. The van der Waals surface area contributed by atoms with Crippen LogP contribution in [0.5, 0.6) is 0 Å². The quantitative estimate of drug-likeness (QED) is 0.656. The van der Waals surface area contributed by atoms with Crippen molar-refractivity contribution in [2.75, 3.05) is 13.1 Å². The molecule has 4 nitrogen and oxygen atoms in total. The normalized spacial score (nSPS) is 22.1. The van der Waals surface area contributed by atoms with Crippen molar-refractivity contribution >= 4 is 0 Å². The lowest BCUT2D eigenvalue weighted by atomic mass is 9.98. The minimum absolute atomic E-state index is 0.0735. The van der Waals surface area contributed by atoms with Crippen LogP contribution in [-0.4, -0.2) is 23.1 Å². The number of aromatic nitrogens is 2. The zero-order valence-corrected chi connectivity index (χ0v) is 8.68. The van der Waals surface area contributed by atoms with Gasteiger partial charge in [0.1, 0.15) is 0 Å². The summed E-state index contributed by atoms with van der Waals surface area (Å²) in [6.07, 6.45) is 1.12. The first-order chi connectivity index (χ1) is 6.68. The van der Waals surface area contributed by atoms with Gasteiger partial charge in [0, 0.05) is 23.9 Å². The Morgan fingerprint density at radius 1 is 1.36 bits per heavy atom. The van der Waals surface area contributed by atoms with Crippen molar-refractivity contribution in [3.05, 3.63) is 21.9 Å². The van der Waals surface area contributed by atoms with Crippen LogP contribution in [0.15, 0.2) is 4.79 Å². The lowest BCUT2D eigenvalue weighted by Gasteiger charge is -2.10. The zero-order chi connectivity index (χ0) is 10.1. The molecule has 0 radical (unpaired) electrons. The lowest BCUT2D eigenvalue weighted by Crippen LogP contribution is -2.10. The highest BCUT2D eigenvalue weighted by Crippen LogP contribution is 2.25. The van der Waals surface area contributed by atoms with E-state index in [-0.39, 0.29) is 5.69 Å². The molecule has 1 unspecified atom stereocenters. The van der Waals surface area contributed by atoms with E-state index in [1.807, 2.05) is 0 Å². The predicted molar refractivity (Wildman–Crippen MR) is 55.7 cm³/mol. The first-order valence-electron chi connectivity index (χ1n) is 5.21. The number of hydrogen-bond acceptors (Lipinski definition) is 2. The van der Waals surface area contributed by atoms with Gasteiger partial charge in [0.05, 0.1) is 0 Å². The minimum atomic E-state index is -0.0735. The Morgan fingerprint density at radius 3 is 2.71 bits per heavy atom. The van der Waals surface area contributed by atoms with Crippen LogP contribution >= 0.6 is 0 Å². The summed E-state index contributed by atoms with van der Waals surface area (Å²) in [6.45, 7) is 6.24. The molecule has 3 N–H and O–H groups in total. The SMILES string of the molecule is CC(C)c1[nH]c(=O)[nH]c1C1CCNC1. The highest BCUT2D eigenvalue weighted by atomic mass is 16.1. The molecule has 1 aromatic rings. The van der Waals surface area contributed by atoms with E-state index in [1.165, 1.54) is 0 Å². The van der Waals surface area contributed by atoms with Gasteiger partial charge in [0.2, 0.25) is 0 Å². The van der Waals surface area contributed by atoms with Crippen molar-refractivity contribution in [1.29, 1.82) is 0 Å². The Kier molecular flexibility index (Phi) is 2.46. The largest absolute Gasteiger partial charge is 0.323 e. The first-order valence-corrected chi connectivity index (χ1v) is 5.21. The van der Waals surface area contributed by atoms with Crippen LogP contribution < -0.4 is 11.0 Å². The number of rotatable bonds is 2. The van der Waals surface area contributed by atoms with Crippen molar-refractivity contribution in [2.24, 2.45) is 0 Å². The van der Waals surface area contributed by atoms with Crippen LogP contribution in [-0.2, 0) is 0 Å². The topological polar surface area (TPSA) is 60.7 Å². The molecule has 2 heterocycles. The van der Waals surface area contributed by atoms with E-state index < -0.39 is 0 Å². The number of imidazole rings is 1. The average Bonchev–Trinajstić information content (AvgIpc) is 2.70. The number of H-pyrrole nitrogens is 2. The fraction of sp³-hybridized carbons (Fsp3) is 0.700. The Morgan fingerprint density at radius 2 is 2.14 bits per heavy atom. The maximum Gasteiger partial charge on any atom is 0.323 e. The van der Waals surface area contributed by atoms with E-state index in [9.17, 15) is 4.79 Å². The van der Waals surface area contributed by atoms with E-state index in [4.69, 9.17) is 0 Å². The van der Waals surface area contributed by atoms with Gasteiger partial charge in [-0.1, -0.05) is 13.8 Å². The summed E-state index contributed by atoms with van der Waals surface area (Å²) in [7, 11) is 0. The van der Waals surface area contributed by atoms with Gasteiger partial charge in [-0.15, -0.1) is 0 Å². The van der Waals surface area contributed by atoms with Crippen molar-refractivity contribution in [3.8, 4) is 0 Å². The van der Waals surface area contributed by atoms with E-state index in [0.29, 0.717) is 11.8 Å². The average molecular weight is 195 g/mol. The lowest BCUT2D eigenvalue weighted by molar-refractivity contribution is 0.706. The van der Waals surface area contributed by atoms with Gasteiger partial charge in [-0.25, -0.2) is 4.79 Å². The van der Waals surface area contributed by atoms with Gasteiger partial charge < -0.3 is 15.3 Å². The second kappa shape index (κ2) is 3.61. The smallest absolute Gasteiger partial charge is 0.316 e. The van der Waals surface area contributed by atoms with E-state index in [1.54, 1.807) is 0 Å². The monoisotopic (exact) mass is 195 g/mol. The predicted octanol–water partition coefficient (Wildman–Crippen LogP) is 0.903. The molecule has 4 heteroatoms. The molecule has 14 heavy (non-hydrogen) atoms. The van der Waals surface area contributed by atoms with Gasteiger partial charge in [0.25, 0.3) is 0 Å². The molecule has 0 aliphatic carbocycles. The molecule has 78 valence electrons. The van der Waals surface area contributed by atoms with Gasteiger partial charge in [-0.05, 0) is 18.9 Å². The standard InChI is InChI=1S/C10H17N3O/c1-6(2)8-9(13-10(14)12-8)7-3-4-11-5-7/h6-7,11H,3-5H2,1-2H3,(H2,12,13,14). The van der Waals surface area contributed by atoms with Crippen molar-refractivity contribution in [1.82, 2.24) is 15.3 Å². The van der Waals surface area contributed by atoms with Gasteiger partial charge in [-0.3, -0.25) is 0 Å².